The standard InChI is InChI=1S/C15H11FN4O2/c1-22-15(21)14-13(19)10(7-18)8-20(14)11-2-3-12(16)9(6-11)4-5-17/h2-3,6,8H,4,19H2,1H3. The summed E-state index contributed by atoms with van der Waals surface area (Å²) in [5, 5.41) is 17.8. The Kier molecular flexibility index (Phi) is 4.10. The van der Waals surface area contributed by atoms with Crippen LogP contribution < -0.4 is 5.73 Å². The Bertz CT molecular complexity index is 827. The van der Waals surface area contributed by atoms with E-state index in [4.69, 9.17) is 16.3 Å². The van der Waals surface area contributed by atoms with Gasteiger partial charge in [0.25, 0.3) is 0 Å². The number of hydrogen-bond acceptors (Lipinski definition) is 5. The lowest BCUT2D eigenvalue weighted by molar-refractivity contribution is 0.0593. The maximum Gasteiger partial charge on any atom is 0.357 e. The van der Waals surface area contributed by atoms with E-state index < -0.39 is 11.8 Å². The number of ether oxygens (including phenoxy) is 1. The van der Waals surface area contributed by atoms with Crippen LogP contribution in [0.1, 0.15) is 21.6 Å². The molecule has 0 amide bonds. The normalized spacial score (nSPS) is 9.82. The molecule has 2 rings (SSSR count). The van der Waals surface area contributed by atoms with Crippen LogP contribution in [0, 0.1) is 28.5 Å². The van der Waals surface area contributed by atoms with Gasteiger partial charge < -0.3 is 15.0 Å². The Morgan fingerprint density at radius 1 is 1.45 bits per heavy atom. The zero-order chi connectivity index (χ0) is 16.3. The maximum atomic E-state index is 13.6. The highest BCUT2D eigenvalue weighted by atomic mass is 19.1. The van der Waals surface area contributed by atoms with Gasteiger partial charge in [0.1, 0.15) is 11.9 Å². The molecule has 22 heavy (non-hydrogen) atoms. The molecule has 1 aromatic heterocycles. The SMILES string of the molecule is COC(=O)c1c(N)c(C#N)cn1-c1ccc(F)c(CC#N)c1. The molecule has 2 aromatic rings. The number of carbonyl (C=O) groups excluding carboxylic acids is 1. The van der Waals surface area contributed by atoms with Crippen LogP contribution in [0.25, 0.3) is 5.69 Å². The van der Waals surface area contributed by atoms with Gasteiger partial charge in [0.05, 0.1) is 30.9 Å². The Balaban J connectivity index is 2.68. The van der Waals surface area contributed by atoms with Crippen LogP contribution in [0.4, 0.5) is 10.1 Å². The molecule has 1 heterocycles. The number of benzene rings is 1. The fourth-order valence-corrected chi connectivity index (χ4v) is 2.05. The third-order valence-corrected chi connectivity index (χ3v) is 3.12. The molecule has 1 aromatic carbocycles. The molecule has 0 unspecified atom stereocenters. The molecule has 6 nitrogen and oxygen atoms in total. The van der Waals surface area contributed by atoms with E-state index in [1.807, 2.05) is 12.1 Å². The molecular weight excluding hydrogens is 287 g/mol. The highest BCUT2D eigenvalue weighted by Gasteiger charge is 2.22. The number of nitrogen functional groups attached to an aromatic ring is 1. The number of methoxy groups -OCH3 is 1. The van der Waals surface area contributed by atoms with Crippen LogP contribution in [0.15, 0.2) is 24.4 Å². The van der Waals surface area contributed by atoms with Gasteiger partial charge in [-0.1, -0.05) is 0 Å². The second kappa shape index (κ2) is 5.98. The van der Waals surface area contributed by atoms with E-state index in [2.05, 4.69) is 4.74 Å². The summed E-state index contributed by atoms with van der Waals surface area (Å²) in [4.78, 5) is 11.9. The minimum Gasteiger partial charge on any atom is -0.464 e. The number of carbonyl (C=O) groups is 1. The molecule has 110 valence electrons. The molecule has 7 heteroatoms. The summed E-state index contributed by atoms with van der Waals surface area (Å²) in [6.07, 6.45) is 1.25. The minimum atomic E-state index is -0.717. The number of rotatable bonds is 3. The zero-order valence-electron chi connectivity index (χ0n) is 11.6. The topological polar surface area (TPSA) is 105 Å². The van der Waals surface area contributed by atoms with Crippen molar-refractivity contribution in [2.75, 3.05) is 12.8 Å². The lowest BCUT2D eigenvalue weighted by Crippen LogP contribution is -2.11. The molecule has 0 saturated heterocycles. The number of nitrogens with zero attached hydrogens (tertiary/aromatic N) is 3. The van der Waals surface area contributed by atoms with E-state index in [1.54, 1.807) is 0 Å². The Morgan fingerprint density at radius 2 is 2.18 bits per heavy atom. The third-order valence-electron chi connectivity index (χ3n) is 3.12. The van der Waals surface area contributed by atoms with Crippen LogP contribution in [-0.2, 0) is 11.2 Å². The molecule has 0 aliphatic carbocycles. The molecule has 2 N–H and O–H groups in total. The van der Waals surface area contributed by atoms with Gasteiger partial charge in [-0.05, 0) is 18.2 Å². The fourth-order valence-electron chi connectivity index (χ4n) is 2.05. The molecule has 0 aliphatic heterocycles. The first kappa shape index (κ1) is 15.1. The largest absolute Gasteiger partial charge is 0.464 e. The summed E-state index contributed by atoms with van der Waals surface area (Å²) in [7, 11) is 1.19. The van der Waals surface area contributed by atoms with Crippen LogP contribution in [0.2, 0.25) is 0 Å². The van der Waals surface area contributed by atoms with Crippen molar-refractivity contribution in [1.29, 1.82) is 10.5 Å². The van der Waals surface area contributed by atoms with E-state index in [9.17, 15) is 9.18 Å². The quantitative estimate of drug-likeness (QED) is 0.871. The Morgan fingerprint density at radius 3 is 2.77 bits per heavy atom. The average Bonchev–Trinajstić information content (AvgIpc) is 2.85. The van der Waals surface area contributed by atoms with Crippen molar-refractivity contribution in [2.45, 2.75) is 6.42 Å². The van der Waals surface area contributed by atoms with Gasteiger partial charge in [0.2, 0.25) is 0 Å². The second-order valence-electron chi connectivity index (χ2n) is 4.39. The fraction of sp³-hybridized carbons (Fsp3) is 0.133. The Labute approximate surface area is 125 Å². The van der Waals surface area contributed by atoms with Gasteiger partial charge in [-0.3, -0.25) is 0 Å². The maximum absolute atomic E-state index is 13.6. The summed E-state index contributed by atoms with van der Waals surface area (Å²) < 4.78 is 19.6. The summed E-state index contributed by atoms with van der Waals surface area (Å²) in [6, 6.07) is 7.77. The lowest BCUT2D eigenvalue weighted by atomic mass is 10.1. The van der Waals surface area contributed by atoms with Gasteiger partial charge in [-0.15, -0.1) is 0 Å². The molecule has 0 fully saturated rings. The minimum absolute atomic E-state index is 0.0134. The van der Waals surface area contributed by atoms with Crippen molar-refractivity contribution >= 4 is 11.7 Å². The first-order valence-corrected chi connectivity index (χ1v) is 6.18. The molecule has 0 aliphatic rings. The number of nitrogens with two attached hydrogens (primary N) is 1. The monoisotopic (exact) mass is 298 g/mol. The van der Waals surface area contributed by atoms with E-state index in [-0.39, 0.29) is 28.9 Å². The number of anilines is 1. The first-order valence-electron chi connectivity index (χ1n) is 6.18. The van der Waals surface area contributed by atoms with Crippen LogP contribution in [-0.4, -0.2) is 17.6 Å². The van der Waals surface area contributed by atoms with Gasteiger partial charge >= 0.3 is 5.97 Å². The second-order valence-corrected chi connectivity index (χ2v) is 4.39. The van der Waals surface area contributed by atoms with Crippen LogP contribution >= 0.6 is 0 Å². The van der Waals surface area contributed by atoms with E-state index in [0.717, 1.165) is 0 Å². The van der Waals surface area contributed by atoms with E-state index in [1.165, 1.54) is 36.1 Å². The third kappa shape index (κ3) is 2.48. The number of esters is 1. The van der Waals surface area contributed by atoms with Gasteiger partial charge in [0, 0.05) is 17.4 Å². The van der Waals surface area contributed by atoms with Crippen molar-refractivity contribution in [1.82, 2.24) is 4.57 Å². The van der Waals surface area contributed by atoms with Crippen molar-refractivity contribution in [3.05, 3.63) is 47.0 Å². The summed E-state index contributed by atoms with van der Waals surface area (Å²) >= 11 is 0. The highest BCUT2D eigenvalue weighted by Crippen LogP contribution is 2.25. The van der Waals surface area contributed by atoms with Crippen molar-refractivity contribution in [3.63, 3.8) is 0 Å². The summed E-state index contributed by atoms with van der Waals surface area (Å²) in [5.74, 6) is -1.24. The molecule has 0 atom stereocenters. The van der Waals surface area contributed by atoms with E-state index >= 15 is 0 Å². The molecule has 0 radical (unpaired) electrons. The van der Waals surface area contributed by atoms with Crippen molar-refractivity contribution in [2.24, 2.45) is 0 Å². The zero-order valence-corrected chi connectivity index (χ0v) is 11.6. The Hall–Kier alpha value is -3.32. The van der Waals surface area contributed by atoms with Gasteiger partial charge in [-0.25, -0.2) is 9.18 Å². The summed E-state index contributed by atoms with van der Waals surface area (Å²) in [5.41, 5.74) is 6.44. The molecule has 0 saturated carbocycles. The molecule has 0 spiro atoms. The lowest BCUT2D eigenvalue weighted by Gasteiger charge is -2.10. The number of hydrogen-bond donors (Lipinski definition) is 1. The molecule has 0 bridgehead atoms. The number of nitriles is 2. The highest BCUT2D eigenvalue weighted by molar-refractivity contribution is 5.95. The molecular formula is C15H11FN4O2. The smallest absolute Gasteiger partial charge is 0.357 e. The van der Waals surface area contributed by atoms with Crippen molar-refractivity contribution in [3.8, 4) is 17.8 Å². The number of aromatic nitrogens is 1. The predicted molar refractivity (Wildman–Crippen MR) is 75.5 cm³/mol. The van der Waals surface area contributed by atoms with E-state index in [0.29, 0.717) is 5.69 Å². The van der Waals surface area contributed by atoms with Crippen LogP contribution in [0.5, 0.6) is 0 Å². The average molecular weight is 298 g/mol. The van der Waals surface area contributed by atoms with Gasteiger partial charge in [-0.2, -0.15) is 10.5 Å². The predicted octanol–water partition coefficient (Wildman–Crippen LogP) is 1.92. The van der Waals surface area contributed by atoms with Gasteiger partial charge in [0.15, 0.2) is 5.69 Å². The van der Waals surface area contributed by atoms with Crippen molar-refractivity contribution < 1.29 is 13.9 Å². The number of halogens is 1. The summed E-state index contributed by atoms with van der Waals surface area (Å²) in [6.45, 7) is 0. The first-order chi connectivity index (χ1) is 10.5. The van der Waals surface area contributed by atoms with Crippen LogP contribution in [0.3, 0.4) is 0 Å².